The monoisotopic (exact) mass is 379 g/mol. The molecule has 3 rings (SSSR count). The Hall–Kier alpha value is -1.77. The summed E-state index contributed by atoms with van der Waals surface area (Å²) in [4.78, 5) is 19.0. The van der Waals surface area contributed by atoms with E-state index in [2.05, 4.69) is 4.98 Å². The van der Waals surface area contributed by atoms with Crippen LogP contribution < -0.4 is 0 Å². The molecular formula is C17H21N3O3S2. The molecule has 0 bridgehead atoms. The highest BCUT2D eigenvalue weighted by Gasteiger charge is 2.32. The Morgan fingerprint density at radius 1 is 1.28 bits per heavy atom. The Balaban J connectivity index is 1.73. The van der Waals surface area contributed by atoms with Gasteiger partial charge in [-0.3, -0.25) is 9.78 Å². The lowest BCUT2D eigenvalue weighted by Crippen LogP contribution is -2.32. The molecule has 0 unspecified atom stereocenters. The van der Waals surface area contributed by atoms with Crippen LogP contribution in [0.1, 0.15) is 28.2 Å². The number of sulfonamides is 1. The number of carbonyl (C=O) groups is 1. The molecule has 0 radical (unpaired) electrons. The predicted molar refractivity (Wildman–Crippen MR) is 97.2 cm³/mol. The van der Waals surface area contributed by atoms with E-state index in [-0.39, 0.29) is 15.7 Å². The molecule has 0 aromatic carbocycles. The maximum Gasteiger partial charge on any atom is 0.265 e. The Bertz CT molecular complexity index is 828. The molecule has 8 heteroatoms. The van der Waals surface area contributed by atoms with Crippen molar-refractivity contribution in [3.63, 3.8) is 0 Å². The molecule has 1 amide bonds. The summed E-state index contributed by atoms with van der Waals surface area (Å²) in [5.41, 5.74) is 0.901. The number of hydrogen-bond acceptors (Lipinski definition) is 5. The first-order valence-corrected chi connectivity index (χ1v) is 10.5. The summed E-state index contributed by atoms with van der Waals surface area (Å²) in [6.07, 6.45) is 4.09. The number of thiophene rings is 1. The van der Waals surface area contributed by atoms with E-state index in [1.807, 2.05) is 18.2 Å². The molecule has 0 N–H and O–H groups in total. The Labute approximate surface area is 152 Å². The number of pyridine rings is 1. The number of nitrogens with zero attached hydrogens (tertiary/aromatic N) is 3. The van der Waals surface area contributed by atoms with Crippen molar-refractivity contribution in [3.8, 4) is 0 Å². The van der Waals surface area contributed by atoms with Crippen molar-refractivity contribution in [2.24, 2.45) is 0 Å². The van der Waals surface area contributed by atoms with Crippen LogP contribution in [0.5, 0.6) is 0 Å². The lowest BCUT2D eigenvalue weighted by atomic mass is 10.2. The van der Waals surface area contributed by atoms with E-state index in [0.29, 0.717) is 26.1 Å². The lowest BCUT2D eigenvalue weighted by Gasteiger charge is -2.19. The molecule has 3 heterocycles. The number of rotatable bonds is 6. The molecule has 1 fully saturated rings. The molecule has 2 aromatic heterocycles. The Morgan fingerprint density at radius 2 is 2.04 bits per heavy atom. The molecule has 134 valence electrons. The molecule has 2 aromatic rings. The van der Waals surface area contributed by atoms with Crippen LogP contribution in [0.2, 0.25) is 0 Å². The zero-order chi connectivity index (χ0) is 17.9. The summed E-state index contributed by atoms with van der Waals surface area (Å²) < 4.78 is 27.0. The van der Waals surface area contributed by atoms with Crippen molar-refractivity contribution < 1.29 is 13.2 Å². The predicted octanol–water partition coefficient (Wildman–Crippen LogP) is 2.24. The molecule has 1 saturated heterocycles. The SMILES string of the molecule is CN(CCc1ccccn1)C(=O)c1sccc1S(=O)(=O)N1CCCC1. The summed E-state index contributed by atoms with van der Waals surface area (Å²) in [6, 6.07) is 7.20. The maximum absolute atomic E-state index is 12.8. The van der Waals surface area contributed by atoms with Gasteiger partial charge in [0.25, 0.3) is 5.91 Å². The highest BCUT2D eigenvalue weighted by Crippen LogP contribution is 2.28. The van der Waals surface area contributed by atoms with Gasteiger partial charge in [0.05, 0.1) is 0 Å². The van der Waals surface area contributed by atoms with Gasteiger partial charge < -0.3 is 4.90 Å². The molecular weight excluding hydrogens is 358 g/mol. The first-order chi connectivity index (χ1) is 12.0. The Morgan fingerprint density at radius 3 is 2.72 bits per heavy atom. The second-order valence-electron chi connectivity index (χ2n) is 6.02. The van der Waals surface area contributed by atoms with Gasteiger partial charge >= 0.3 is 0 Å². The average molecular weight is 380 g/mol. The molecule has 25 heavy (non-hydrogen) atoms. The third-order valence-electron chi connectivity index (χ3n) is 4.28. The second kappa shape index (κ2) is 7.63. The summed E-state index contributed by atoms with van der Waals surface area (Å²) in [5.74, 6) is -0.260. The van der Waals surface area contributed by atoms with Gasteiger partial charge in [0.2, 0.25) is 10.0 Å². The van der Waals surface area contributed by atoms with Crippen LogP contribution in [0.3, 0.4) is 0 Å². The number of aromatic nitrogens is 1. The number of likely N-dealkylation sites (N-methyl/N-ethyl adjacent to an activating group) is 1. The Kier molecular flexibility index (Phi) is 5.51. The summed E-state index contributed by atoms with van der Waals surface area (Å²) in [6.45, 7) is 1.54. The smallest absolute Gasteiger partial charge is 0.265 e. The largest absolute Gasteiger partial charge is 0.341 e. The first-order valence-electron chi connectivity index (χ1n) is 8.23. The number of amides is 1. The fourth-order valence-electron chi connectivity index (χ4n) is 2.83. The minimum absolute atomic E-state index is 0.133. The van der Waals surface area contributed by atoms with Gasteiger partial charge in [0, 0.05) is 45.0 Å². The van der Waals surface area contributed by atoms with E-state index in [1.54, 1.807) is 23.5 Å². The first kappa shape index (κ1) is 18.0. The van der Waals surface area contributed by atoms with Crippen molar-refractivity contribution in [1.82, 2.24) is 14.2 Å². The quantitative estimate of drug-likeness (QED) is 0.772. The number of carbonyl (C=O) groups excluding carboxylic acids is 1. The van der Waals surface area contributed by atoms with Gasteiger partial charge in [-0.1, -0.05) is 6.07 Å². The topological polar surface area (TPSA) is 70.6 Å². The van der Waals surface area contributed by atoms with Crippen LogP contribution in [-0.2, 0) is 16.4 Å². The zero-order valence-electron chi connectivity index (χ0n) is 14.1. The van der Waals surface area contributed by atoms with Crippen molar-refractivity contribution in [2.45, 2.75) is 24.2 Å². The zero-order valence-corrected chi connectivity index (χ0v) is 15.7. The van der Waals surface area contributed by atoms with Crippen molar-refractivity contribution in [2.75, 3.05) is 26.7 Å². The van der Waals surface area contributed by atoms with E-state index in [4.69, 9.17) is 0 Å². The van der Waals surface area contributed by atoms with E-state index >= 15 is 0 Å². The summed E-state index contributed by atoms with van der Waals surface area (Å²) >= 11 is 1.18. The van der Waals surface area contributed by atoms with Gasteiger partial charge in [-0.05, 0) is 36.4 Å². The third kappa shape index (κ3) is 3.91. The minimum Gasteiger partial charge on any atom is -0.341 e. The van der Waals surface area contributed by atoms with Crippen LogP contribution in [0.15, 0.2) is 40.7 Å². The van der Waals surface area contributed by atoms with E-state index < -0.39 is 10.0 Å². The van der Waals surface area contributed by atoms with E-state index in [1.165, 1.54) is 21.7 Å². The molecule has 0 saturated carbocycles. The van der Waals surface area contributed by atoms with Gasteiger partial charge in [0.15, 0.2) is 0 Å². The minimum atomic E-state index is -3.59. The van der Waals surface area contributed by atoms with Gasteiger partial charge in [-0.2, -0.15) is 4.31 Å². The van der Waals surface area contributed by atoms with Crippen molar-refractivity contribution in [3.05, 3.63) is 46.4 Å². The molecule has 0 aliphatic carbocycles. The van der Waals surface area contributed by atoms with Gasteiger partial charge in [-0.15, -0.1) is 11.3 Å². The van der Waals surface area contributed by atoms with Crippen molar-refractivity contribution in [1.29, 1.82) is 0 Å². The molecule has 1 aliphatic heterocycles. The van der Waals surface area contributed by atoms with Crippen LogP contribution in [-0.4, -0.2) is 55.2 Å². The number of hydrogen-bond donors (Lipinski definition) is 0. The fourth-order valence-corrected chi connectivity index (χ4v) is 5.73. The van der Waals surface area contributed by atoms with E-state index in [9.17, 15) is 13.2 Å². The molecule has 1 aliphatic rings. The standard InChI is InChI=1S/C17H21N3O3S2/c1-19(12-7-14-6-2-3-9-18-14)17(21)16-15(8-13-24-16)25(22,23)20-10-4-5-11-20/h2-3,6,8-9,13H,4-5,7,10-12H2,1H3. The van der Waals surface area contributed by atoms with E-state index in [0.717, 1.165) is 18.5 Å². The van der Waals surface area contributed by atoms with Crippen LogP contribution in [0.4, 0.5) is 0 Å². The van der Waals surface area contributed by atoms with Gasteiger partial charge in [-0.25, -0.2) is 8.42 Å². The lowest BCUT2D eigenvalue weighted by molar-refractivity contribution is 0.0797. The highest BCUT2D eigenvalue weighted by molar-refractivity contribution is 7.89. The average Bonchev–Trinajstić information content (AvgIpc) is 3.31. The van der Waals surface area contributed by atoms with Gasteiger partial charge in [0.1, 0.15) is 9.77 Å². The van der Waals surface area contributed by atoms with Crippen LogP contribution in [0, 0.1) is 0 Å². The fraction of sp³-hybridized carbons (Fsp3) is 0.412. The van der Waals surface area contributed by atoms with Crippen molar-refractivity contribution >= 4 is 27.3 Å². The normalized spacial score (nSPS) is 15.4. The third-order valence-corrected chi connectivity index (χ3v) is 7.26. The molecule has 0 atom stereocenters. The second-order valence-corrected chi connectivity index (χ2v) is 8.85. The van der Waals surface area contributed by atoms with Crippen LogP contribution >= 0.6 is 11.3 Å². The molecule has 6 nitrogen and oxygen atoms in total. The maximum atomic E-state index is 12.8. The highest BCUT2D eigenvalue weighted by atomic mass is 32.2. The summed E-state index contributed by atoms with van der Waals surface area (Å²) in [5, 5.41) is 1.67. The summed E-state index contributed by atoms with van der Waals surface area (Å²) in [7, 11) is -1.90. The molecule has 0 spiro atoms. The van der Waals surface area contributed by atoms with Crippen LogP contribution in [0.25, 0.3) is 0 Å².